The van der Waals surface area contributed by atoms with Gasteiger partial charge in [0.15, 0.2) is 0 Å². The number of hydrogen-bond acceptors (Lipinski definition) is 2. The number of para-hydroxylation sites is 1. The van der Waals surface area contributed by atoms with Crippen LogP contribution in [0.4, 0.5) is 0 Å². The number of hydrogen-bond donors (Lipinski definition) is 3. The summed E-state index contributed by atoms with van der Waals surface area (Å²) in [6.45, 7) is 1.03. The number of H-pyrrole nitrogens is 1. The highest BCUT2D eigenvalue weighted by Gasteiger charge is 2.05. The molecule has 4 nitrogen and oxygen atoms in total. The third kappa shape index (κ3) is 2.85. The first-order chi connectivity index (χ1) is 8.31. The van der Waals surface area contributed by atoms with Gasteiger partial charge in [0.1, 0.15) is 0 Å². The van der Waals surface area contributed by atoms with Crippen molar-refractivity contribution < 1.29 is 4.79 Å². The molecular formula is C13H17N3O. The smallest absolute Gasteiger partial charge is 0.220 e. The number of nitrogens with one attached hydrogen (secondary N) is 2. The van der Waals surface area contributed by atoms with Crippen molar-refractivity contribution in [1.82, 2.24) is 10.3 Å². The molecule has 0 atom stereocenters. The molecule has 0 aliphatic rings. The molecule has 0 fully saturated rings. The Morgan fingerprint density at radius 2 is 2.18 bits per heavy atom. The normalized spacial score (nSPS) is 10.6. The minimum Gasteiger partial charge on any atom is -0.361 e. The Morgan fingerprint density at radius 3 is 3.00 bits per heavy atom. The first kappa shape index (κ1) is 11.7. The van der Waals surface area contributed by atoms with Gasteiger partial charge in [0.2, 0.25) is 5.91 Å². The summed E-state index contributed by atoms with van der Waals surface area (Å²) in [4.78, 5) is 14.7. The second-order valence-electron chi connectivity index (χ2n) is 4.00. The quantitative estimate of drug-likeness (QED) is 0.723. The molecular weight excluding hydrogens is 214 g/mol. The highest BCUT2D eigenvalue weighted by atomic mass is 16.1. The summed E-state index contributed by atoms with van der Waals surface area (Å²) in [6, 6.07) is 8.11. The zero-order valence-corrected chi connectivity index (χ0v) is 9.70. The van der Waals surface area contributed by atoms with Gasteiger partial charge in [0.25, 0.3) is 0 Å². The number of carbonyl (C=O) groups is 1. The summed E-state index contributed by atoms with van der Waals surface area (Å²) in [5.41, 5.74) is 7.62. The number of benzene rings is 1. The molecule has 0 saturated carbocycles. The molecule has 2 rings (SSSR count). The second-order valence-corrected chi connectivity index (χ2v) is 4.00. The van der Waals surface area contributed by atoms with E-state index in [1.807, 2.05) is 24.4 Å². The van der Waals surface area contributed by atoms with Crippen LogP contribution in [0, 0.1) is 0 Å². The number of aryl methyl sites for hydroxylation is 1. The Labute approximate surface area is 100 Å². The lowest BCUT2D eigenvalue weighted by molar-refractivity contribution is -0.120. The molecule has 1 amide bonds. The Kier molecular flexibility index (Phi) is 3.77. The van der Waals surface area contributed by atoms with E-state index in [0.717, 1.165) is 11.9 Å². The number of amides is 1. The van der Waals surface area contributed by atoms with E-state index < -0.39 is 0 Å². The molecule has 4 heteroatoms. The number of nitrogens with two attached hydrogens (primary N) is 1. The zero-order valence-electron chi connectivity index (χ0n) is 9.70. The average molecular weight is 231 g/mol. The van der Waals surface area contributed by atoms with Gasteiger partial charge in [0.05, 0.1) is 0 Å². The third-order valence-electron chi connectivity index (χ3n) is 2.76. The van der Waals surface area contributed by atoms with Crippen LogP contribution in [0.2, 0.25) is 0 Å². The Hall–Kier alpha value is -1.81. The van der Waals surface area contributed by atoms with E-state index in [0.29, 0.717) is 19.5 Å². The maximum Gasteiger partial charge on any atom is 0.220 e. The third-order valence-corrected chi connectivity index (χ3v) is 2.76. The van der Waals surface area contributed by atoms with Crippen LogP contribution < -0.4 is 11.1 Å². The first-order valence-electron chi connectivity index (χ1n) is 5.83. The molecule has 0 radical (unpaired) electrons. The minimum absolute atomic E-state index is 0.0562. The first-order valence-corrected chi connectivity index (χ1v) is 5.83. The zero-order chi connectivity index (χ0) is 12.1. The van der Waals surface area contributed by atoms with Crippen molar-refractivity contribution in [2.45, 2.75) is 12.8 Å². The molecule has 0 bridgehead atoms. The van der Waals surface area contributed by atoms with E-state index in [2.05, 4.69) is 16.4 Å². The molecule has 4 N–H and O–H groups in total. The highest BCUT2D eigenvalue weighted by molar-refractivity contribution is 5.84. The van der Waals surface area contributed by atoms with E-state index in [4.69, 9.17) is 5.73 Å². The van der Waals surface area contributed by atoms with E-state index in [1.54, 1.807) is 0 Å². The second kappa shape index (κ2) is 5.50. The van der Waals surface area contributed by atoms with Crippen LogP contribution in [-0.4, -0.2) is 24.0 Å². The van der Waals surface area contributed by atoms with Gasteiger partial charge in [0, 0.05) is 36.6 Å². The molecule has 0 aliphatic carbocycles. The van der Waals surface area contributed by atoms with Crippen molar-refractivity contribution in [1.29, 1.82) is 0 Å². The van der Waals surface area contributed by atoms with Gasteiger partial charge in [-0.1, -0.05) is 18.2 Å². The number of rotatable bonds is 5. The van der Waals surface area contributed by atoms with E-state index >= 15 is 0 Å². The number of carbonyl (C=O) groups excluding carboxylic acids is 1. The molecule has 2 aromatic rings. The lowest BCUT2D eigenvalue weighted by Gasteiger charge is -2.02. The van der Waals surface area contributed by atoms with E-state index in [-0.39, 0.29) is 5.91 Å². The topological polar surface area (TPSA) is 70.9 Å². The van der Waals surface area contributed by atoms with Gasteiger partial charge in [-0.3, -0.25) is 4.79 Å². The van der Waals surface area contributed by atoms with Crippen LogP contribution in [-0.2, 0) is 11.2 Å². The van der Waals surface area contributed by atoms with Gasteiger partial charge in [-0.05, 0) is 18.1 Å². The Bertz CT molecular complexity index is 504. The van der Waals surface area contributed by atoms with Crippen LogP contribution in [0.3, 0.4) is 0 Å². The van der Waals surface area contributed by atoms with E-state index in [1.165, 1.54) is 10.9 Å². The molecule has 0 unspecified atom stereocenters. The van der Waals surface area contributed by atoms with Crippen LogP contribution in [0.15, 0.2) is 30.5 Å². The molecule has 90 valence electrons. The summed E-state index contributed by atoms with van der Waals surface area (Å²) >= 11 is 0. The van der Waals surface area contributed by atoms with Crippen molar-refractivity contribution in [3.05, 3.63) is 36.0 Å². The summed E-state index contributed by atoms with van der Waals surface area (Å²) in [7, 11) is 0. The lowest BCUT2D eigenvalue weighted by atomic mass is 10.1. The summed E-state index contributed by atoms with van der Waals surface area (Å²) < 4.78 is 0. The standard InChI is InChI=1S/C13H17N3O/c14-7-8-15-13(17)6-5-10-9-16-12-4-2-1-3-11(10)12/h1-4,9,16H,5-8,14H2,(H,15,17). The largest absolute Gasteiger partial charge is 0.361 e. The van der Waals surface area contributed by atoms with Crippen molar-refractivity contribution >= 4 is 16.8 Å². The van der Waals surface area contributed by atoms with Gasteiger partial charge >= 0.3 is 0 Å². The Balaban J connectivity index is 1.97. The fraction of sp³-hybridized carbons (Fsp3) is 0.308. The predicted molar refractivity (Wildman–Crippen MR) is 68.7 cm³/mol. The van der Waals surface area contributed by atoms with Crippen molar-refractivity contribution in [3.63, 3.8) is 0 Å². The van der Waals surface area contributed by atoms with Crippen LogP contribution >= 0.6 is 0 Å². The van der Waals surface area contributed by atoms with Gasteiger partial charge in [-0.15, -0.1) is 0 Å². The highest BCUT2D eigenvalue weighted by Crippen LogP contribution is 2.18. The molecule has 17 heavy (non-hydrogen) atoms. The van der Waals surface area contributed by atoms with Crippen LogP contribution in [0.1, 0.15) is 12.0 Å². The number of aromatic nitrogens is 1. The number of aromatic amines is 1. The maximum absolute atomic E-state index is 11.5. The van der Waals surface area contributed by atoms with Gasteiger partial charge in [-0.2, -0.15) is 0 Å². The fourth-order valence-corrected chi connectivity index (χ4v) is 1.89. The van der Waals surface area contributed by atoms with Crippen LogP contribution in [0.25, 0.3) is 10.9 Å². The van der Waals surface area contributed by atoms with Gasteiger partial charge < -0.3 is 16.0 Å². The predicted octanol–water partition coefficient (Wildman–Crippen LogP) is 1.18. The Morgan fingerprint density at radius 1 is 1.35 bits per heavy atom. The minimum atomic E-state index is 0.0562. The van der Waals surface area contributed by atoms with E-state index in [9.17, 15) is 4.79 Å². The van der Waals surface area contributed by atoms with Crippen molar-refractivity contribution in [2.75, 3.05) is 13.1 Å². The van der Waals surface area contributed by atoms with Crippen LogP contribution in [0.5, 0.6) is 0 Å². The molecule has 1 heterocycles. The van der Waals surface area contributed by atoms with Crippen molar-refractivity contribution in [3.8, 4) is 0 Å². The molecule has 1 aromatic heterocycles. The number of fused-ring (bicyclic) bond motifs is 1. The molecule has 0 spiro atoms. The maximum atomic E-state index is 11.5. The summed E-state index contributed by atoms with van der Waals surface area (Å²) in [5, 5.41) is 3.96. The van der Waals surface area contributed by atoms with Crippen molar-refractivity contribution in [2.24, 2.45) is 5.73 Å². The lowest BCUT2D eigenvalue weighted by Crippen LogP contribution is -2.29. The SMILES string of the molecule is NCCNC(=O)CCc1c[nH]c2ccccc12. The monoisotopic (exact) mass is 231 g/mol. The molecule has 0 saturated heterocycles. The molecule has 1 aromatic carbocycles. The summed E-state index contributed by atoms with van der Waals surface area (Å²) in [6.07, 6.45) is 3.23. The molecule has 0 aliphatic heterocycles. The summed E-state index contributed by atoms with van der Waals surface area (Å²) in [5.74, 6) is 0.0562. The van der Waals surface area contributed by atoms with Gasteiger partial charge in [-0.25, -0.2) is 0 Å². The fourth-order valence-electron chi connectivity index (χ4n) is 1.89. The average Bonchev–Trinajstić information content (AvgIpc) is 2.77.